The Morgan fingerprint density at radius 1 is 1.37 bits per heavy atom. The van der Waals surface area contributed by atoms with Crippen molar-refractivity contribution >= 4 is 5.78 Å². The van der Waals surface area contributed by atoms with E-state index < -0.39 is 0 Å². The molecule has 0 bridgehead atoms. The zero-order valence-corrected chi connectivity index (χ0v) is 10.9. The minimum Gasteiger partial charge on any atom is -0.469 e. The van der Waals surface area contributed by atoms with Crippen LogP contribution in [-0.4, -0.2) is 12.4 Å². The van der Waals surface area contributed by atoms with Gasteiger partial charge in [-0.3, -0.25) is 4.79 Å². The molecule has 3 rings (SSSR count). The highest BCUT2D eigenvalue weighted by molar-refractivity contribution is 5.96. The predicted molar refractivity (Wildman–Crippen MR) is 71.2 cm³/mol. The number of ether oxygens (including phenoxy) is 1. The second kappa shape index (κ2) is 5.02. The standard InChI is InChI=1S/C16H16O3/c1-11-8-13(10-19-11)15(17)9-16-14-5-3-2-4-12(14)6-7-18-16/h2-5,8,10,16H,6-7,9H2,1H3. The first kappa shape index (κ1) is 12.2. The fourth-order valence-electron chi connectivity index (χ4n) is 2.52. The summed E-state index contributed by atoms with van der Waals surface area (Å²) in [5.74, 6) is 0.826. The third-order valence-corrected chi connectivity index (χ3v) is 3.52. The number of carbonyl (C=O) groups is 1. The third-order valence-electron chi connectivity index (χ3n) is 3.52. The Balaban J connectivity index is 1.79. The Morgan fingerprint density at radius 2 is 2.21 bits per heavy atom. The molecule has 98 valence electrons. The first-order valence-electron chi connectivity index (χ1n) is 6.52. The molecule has 19 heavy (non-hydrogen) atoms. The minimum atomic E-state index is -0.132. The minimum absolute atomic E-state index is 0.0681. The van der Waals surface area contributed by atoms with Crippen molar-refractivity contribution in [2.75, 3.05) is 6.61 Å². The maximum Gasteiger partial charge on any atom is 0.169 e. The maximum atomic E-state index is 12.2. The van der Waals surface area contributed by atoms with Gasteiger partial charge in [-0.1, -0.05) is 24.3 Å². The van der Waals surface area contributed by atoms with Crippen molar-refractivity contribution in [3.63, 3.8) is 0 Å². The summed E-state index contributed by atoms with van der Waals surface area (Å²) in [6.45, 7) is 2.52. The summed E-state index contributed by atoms with van der Waals surface area (Å²) < 4.78 is 10.9. The van der Waals surface area contributed by atoms with Crippen molar-refractivity contribution in [1.29, 1.82) is 0 Å². The highest BCUT2D eigenvalue weighted by atomic mass is 16.5. The second-order valence-corrected chi connectivity index (χ2v) is 4.88. The zero-order chi connectivity index (χ0) is 13.2. The van der Waals surface area contributed by atoms with Gasteiger partial charge in [-0.25, -0.2) is 0 Å². The molecule has 0 fully saturated rings. The normalized spacial score (nSPS) is 18.1. The van der Waals surface area contributed by atoms with Gasteiger partial charge in [-0.2, -0.15) is 0 Å². The number of aryl methyl sites for hydroxylation is 1. The molecular weight excluding hydrogens is 240 g/mol. The Bertz CT molecular complexity index is 598. The Kier molecular flexibility index (Phi) is 3.22. The van der Waals surface area contributed by atoms with Crippen molar-refractivity contribution < 1.29 is 13.9 Å². The molecular formula is C16H16O3. The molecule has 2 aromatic rings. The molecule has 0 radical (unpaired) electrons. The van der Waals surface area contributed by atoms with E-state index in [1.54, 1.807) is 6.07 Å². The first-order chi connectivity index (χ1) is 9.24. The summed E-state index contributed by atoms with van der Waals surface area (Å²) in [5.41, 5.74) is 3.06. The molecule has 0 spiro atoms. The molecule has 0 saturated carbocycles. The van der Waals surface area contributed by atoms with Crippen LogP contribution in [0, 0.1) is 6.92 Å². The fraction of sp³-hybridized carbons (Fsp3) is 0.312. The molecule has 1 aliphatic rings. The number of ketones is 1. The molecule has 1 unspecified atom stereocenters. The van der Waals surface area contributed by atoms with Crippen LogP contribution in [0.1, 0.15) is 39.8 Å². The Labute approximate surface area is 112 Å². The summed E-state index contributed by atoms with van der Waals surface area (Å²) >= 11 is 0. The van der Waals surface area contributed by atoms with Crippen LogP contribution in [0.4, 0.5) is 0 Å². The highest BCUT2D eigenvalue weighted by Gasteiger charge is 2.24. The van der Waals surface area contributed by atoms with E-state index in [2.05, 4.69) is 6.07 Å². The average molecular weight is 256 g/mol. The van der Waals surface area contributed by atoms with Crippen LogP contribution >= 0.6 is 0 Å². The van der Waals surface area contributed by atoms with E-state index in [1.807, 2.05) is 25.1 Å². The molecule has 1 aromatic carbocycles. The SMILES string of the molecule is Cc1cc(C(=O)CC2OCCc3ccccc32)co1. The van der Waals surface area contributed by atoms with Gasteiger partial charge in [0.05, 0.1) is 18.3 Å². The van der Waals surface area contributed by atoms with Gasteiger partial charge >= 0.3 is 0 Å². The van der Waals surface area contributed by atoms with Gasteiger partial charge in [0.2, 0.25) is 0 Å². The van der Waals surface area contributed by atoms with Gasteiger partial charge in [-0.05, 0) is 30.5 Å². The van der Waals surface area contributed by atoms with Crippen molar-refractivity contribution in [1.82, 2.24) is 0 Å². The number of fused-ring (bicyclic) bond motifs is 1. The molecule has 0 amide bonds. The van der Waals surface area contributed by atoms with E-state index in [9.17, 15) is 4.79 Å². The van der Waals surface area contributed by atoms with E-state index in [1.165, 1.54) is 11.8 Å². The van der Waals surface area contributed by atoms with E-state index in [4.69, 9.17) is 9.15 Å². The van der Waals surface area contributed by atoms with Crippen molar-refractivity contribution in [3.8, 4) is 0 Å². The molecule has 0 saturated heterocycles. The lowest BCUT2D eigenvalue weighted by molar-refractivity contribution is 0.0352. The number of furan rings is 1. The molecule has 1 aliphatic heterocycles. The van der Waals surface area contributed by atoms with Crippen LogP contribution in [0.2, 0.25) is 0 Å². The molecule has 2 heterocycles. The van der Waals surface area contributed by atoms with Crippen LogP contribution in [0.15, 0.2) is 41.0 Å². The van der Waals surface area contributed by atoms with Crippen LogP contribution in [0.3, 0.4) is 0 Å². The van der Waals surface area contributed by atoms with E-state index in [0.29, 0.717) is 18.6 Å². The molecule has 0 aliphatic carbocycles. The molecule has 0 N–H and O–H groups in total. The highest BCUT2D eigenvalue weighted by Crippen LogP contribution is 2.30. The van der Waals surface area contributed by atoms with Crippen LogP contribution in [0.25, 0.3) is 0 Å². The van der Waals surface area contributed by atoms with Crippen LogP contribution in [0.5, 0.6) is 0 Å². The maximum absolute atomic E-state index is 12.2. The Hall–Kier alpha value is -1.87. The lowest BCUT2D eigenvalue weighted by Crippen LogP contribution is -2.19. The summed E-state index contributed by atoms with van der Waals surface area (Å²) in [7, 11) is 0. The Morgan fingerprint density at radius 3 is 3.00 bits per heavy atom. The summed E-state index contributed by atoms with van der Waals surface area (Å²) in [4.78, 5) is 12.2. The summed E-state index contributed by atoms with van der Waals surface area (Å²) in [6, 6.07) is 9.96. The molecule has 1 atom stereocenters. The summed E-state index contributed by atoms with van der Waals surface area (Å²) in [6.07, 6.45) is 2.68. The van der Waals surface area contributed by atoms with E-state index in [0.717, 1.165) is 17.7 Å². The van der Waals surface area contributed by atoms with Gasteiger partial charge in [-0.15, -0.1) is 0 Å². The van der Waals surface area contributed by atoms with Crippen molar-refractivity contribution in [2.45, 2.75) is 25.9 Å². The quantitative estimate of drug-likeness (QED) is 0.789. The van der Waals surface area contributed by atoms with Gasteiger partial charge in [0, 0.05) is 6.42 Å². The van der Waals surface area contributed by atoms with Crippen molar-refractivity contribution in [3.05, 3.63) is 59.0 Å². The molecule has 1 aromatic heterocycles. The van der Waals surface area contributed by atoms with E-state index in [-0.39, 0.29) is 11.9 Å². The van der Waals surface area contributed by atoms with E-state index >= 15 is 0 Å². The largest absolute Gasteiger partial charge is 0.469 e. The second-order valence-electron chi connectivity index (χ2n) is 4.88. The summed E-state index contributed by atoms with van der Waals surface area (Å²) in [5, 5.41) is 0. The lowest BCUT2D eigenvalue weighted by atomic mass is 9.93. The number of carbonyl (C=O) groups excluding carboxylic acids is 1. The van der Waals surface area contributed by atoms with Crippen molar-refractivity contribution in [2.24, 2.45) is 0 Å². The zero-order valence-electron chi connectivity index (χ0n) is 10.9. The van der Waals surface area contributed by atoms with Gasteiger partial charge < -0.3 is 9.15 Å². The predicted octanol–water partition coefficient (Wildman–Crippen LogP) is 3.47. The number of hydrogen-bond acceptors (Lipinski definition) is 3. The first-order valence-corrected chi connectivity index (χ1v) is 6.52. The van der Waals surface area contributed by atoms with Gasteiger partial charge in [0.15, 0.2) is 5.78 Å². The topological polar surface area (TPSA) is 39.4 Å². The monoisotopic (exact) mass is 256 g/mol. The van der Waals surface area contributed by atoms with Crippen LogP contribution in [-0.2, 0) is 11.2 Å². The smallest absolute Gasteiger partial charge is 0.169 e. The van der Waals surface area contributed by atoms with Gasteiger partial charge in [0.1, 0.15) is 12.0 Å². The number of hydrogen-bond donors (Lipinski definition) is 0. The fourth-order valence-corrected chi connectivity index (χ4v) is 2.52. The molecule has 3 nitrogen and oxygen atoms in total. The van der Waals surface area contributed by atoms with Crippen LogP contribution < -0.4 is 0 Å². The third kappa shape index (κ3) is 2.47. The number of rotatable bonds is 3. The number of Topliss-reactive ketones (excluding diaryl/α,β-unsaturated/α-hetero) is 1. The van der Waals surface area contributed by atoms with Gasteiger partial charge in [0.25, 0.3) is 0 Å². The number of benzene rings is 1. The molecule has 3 heteroatoms. The average Bonchev–Trinajstić information content (AvgIpc) is 2.86. The lowest BCUT2D eigenvalue weighted by Gasteiger charge is -2.25.